The van der Waals surface area contributed by atoms with Crippen LogP contribution in [0.1, 0.15) is 34.5 Å². The molecule has 1 N–H and O–H groups in total. The number of benzene rings is 2. The van der Waals surface area contributed by atoms with Gasteiger partial charge in [0.1, 0.15) is 0 Å². The van der Waals surface area contributed by atoms with E-state index in [-0.39, 0.29) is 11.9 Å². The molecule has 116 valence electrons. The highest BCUT2D eigenvalue weighted by molar-refractivity contribution is 5.94. The number of carbonyl (C=O) groups is 1. The number of nitrogens with one attached hydrogen (secondary N) is 1. The molecule has 1 unspecified atom stereocenters. The van der Waals surface area contributed by atoms with E-state index in [1.807, 2.05) is 56.6 Å². The SMILES string of the molecule is CCc1ccc(C(=O)NC(CN(C)C)c2ccccc2)cc1. The van der Waals surface area contributed by atoms with Crippen molar-refractivity contribution in [2.45, 2.75) is 19.4 Å². The molecule has 0 fully saturated rings. The van der Waals surface area contributed by atoms with Crippen LogP contribution in [0, 0.1) is 0 Å². The van der Waals surface area contributed by atoms with Crippen molar-refractivity contribution in [2.24, 2.45) is 0 Å². The smallest absolute Gasteiger partial charge is 0.251 e. The molecule has 0 aliphatic heterocycles. The molecule has 0 heterocycles. The Balaban J connectivity index is 2.13. The van der Waals surface area contributed by atoms with Crippen LogP contribution in [-0.2, 0) is 6.42 Å². The van der Waals surface area contributed by atoms with Crippen LogP contribution in [-0.4, -0.2) is 31.4 Å². The van der Waals surface area contributed by atoms with Crippen molar-refractivity contribution in [1.29, 1.82) is 0 Å². The number of hydrogen-bond acceptors (Lipinski definition) is 2. The van der Waals surface area contributed by atoms with Gasteiger partial charge in [-0.15, -0.1) is 0 Å². The summed E-state index contributed by atoms with van der Waals surface area (Å²) in [4.78, 5) is 14.6. The lowest BCUT2D eigenvalue weighted by atomic mass is 10.0. The van der Waals surface area contributed by atoms with Gasteiger partial charge in [-0.25, -0.2) is 0 Å². The predicted octanol–water partition coefficient (Wildman–Crippen LogP) is 3.28. The second-order valence-corrected chi connectivity index (χ2v) is 5.75. The molecule has 0 saturated carbocycles. The van der Waals surface area contributed by atoms with Gasteiger partial charge < -0.3 is 10.2 Å². The highest BCUT2D eigenvalue weighted by Gasteiger charge is 2.16. The zero-order chi connectivity index (χ0) is 15.9. The maximum absolute atomic E-state index is 12.5. The van der Waals surface area contributed by atoms with Crippen LogP contribution in [0.15, 0.2) is 54.6 Å². The van der Waals surface area contributed by atoms with Crippen molar-refractivity contribution in [3.63, 3.8) is 0 Å². The van der Waals surface area contributed by atoms with E-state index in [4.69, 9.17) is 0 Å². The minimum Gasteiger partial charge on any atom is -0.344 e. The minimum absolute atomic E-state index is 0.0189. The zero-order valence-corrected chi connectivity index (χ0v) is 13.5. The molecule has 22 heavy (non-hydrogen) atoms. The molecule has 0 saturated heterocycles. The molecule has 0 aromatic heterocycles. The van der Waals surface area contributed by atoms with Gasteiger partial charge in [-0.1, -0.05) is 49.4 Å². The van der Waals surface area contributed by atoms with E-state index in [2.05, 4.69) is 29.3 Å². The average molecular weight is 296 g/mol. The Morgan fingerprint density at radius 3 is 2.23 bits per heavy atom. The number of amides is 1. The maximum atomic E-state index is 12.5. The first-order valence-corrected chi connectivity index (χ1v) is 7.69. The molecule has 0 spiro atoms. The molecule has 2 rings (SSSR count). The summed E-state index contributed by atoms with van der Waals surface area (Å²) in [5.41, 5.74) is 3.07. The molecule has 3 heteroatoms. The zero-order valence-electron chi connectivity index (χ0n) is 13.5. The number of hydrogen-bond donors (Lipinski definition) is 1. The second kappa shape index (κ2) is 7.76. The van der Waals surface area contributed by atoms with Crippen molar-refractivity contribution in [2.75, 3.05) is 20.6 Å². The standard InChI is InChI=1S/C19H24N2O/c1-4-15-10-12-17(13-11-15)19(22)20-18(14-21(2)3)16-8-6-5-7-9-16/h5-13,18H,4,14H2,1-3H3,(H,20,22). The third-order valence-corrected chi connectivity index (χ3v) is 3.68. The van der Waals surface area contributed by atoms with Gasteiger partial charge in [0.15, 0.2) is 0 Å². The van der Waals surface area contributed by atoms with Gasteiger partial charge in [0.05, 0.1) is 6.04 Å². The third kappa shape index (κ3) is 4.43. The fraction of sp³-hybridized carbons (Fsp3) is 0.316. The van der Waals surface area contributed by atoms with Gasteiger partial charge in [0.25, 0.3) is 5.91 Å². The van der Waals surface area contributed by atoms with Crippen LogP contribution in [0.5, 0.6) is 0 Å². The molecule has 0 radical (unpaired) electrons. The van der Waals surface area contributed by atoms with Crippen molar-refractivity contribution in [1.82, 2.24) is 10.2 Å². The first-order valence-electron chi connectivity index (χ1n) is 7.69. The molecule has 1 amide bonds. The van der Waals surface area contributed by atoms with E-state index in [9.17, 15) is 4.79 Å². The molecular formula is C19H24N2O. The summed E-state index contributed by atoms with van der Waals surface area (Å²) in [6.07, 6.45) is 0.981. The summed E-state index contributed by atoms with van der Waals surface area (Å²) in [5, 5.41) is 3.14. The van der Waals surface area contributed by atoms with Crippen molar-refractivity contribution in [3.8, 4) is 0 Å². The summed E-state index contributed by atoms with van der Waals surface area (Å²) in [7, 11) is 4.02. The lowest BCUT2D eigenvalue weighted by molar-refractivity contribution is 0.0930. The fourth-order valence-corrected chi connectivity index (χ4v) is 2.42. The van der Waals surface area contributed by atoms with Crippen LogP contribution in [0.2, 0.25) is 0 Å². The van der Waals surface area contributed by atoms with Gasteiger partial charge in [-0.05, 0) is 43.8 Å². The van der Waals surface area contributed by atoms with Crippen LogP contribution in [0.4, 0.5) is 0 Å². The largest absolute Gasteiger partial charge is 0.344 e. The molecule has 1 atom stereocenters. The summed E-state index contributed by atoms with van der Waals surface area (Å²) >= 11 is 0. The molecule has 3 nitrogen and oxygen atoms in total. The Bertz CT molecular complexity index is 591. The molecule has 0 aliphatic carbocycles. The lowest BCUT2D eigenvalue weighted by Gasteiger charge is -2.23. The number of nitrogens with zero attached hydrogens (tertiary/aromatic N) is 1. The highest BCUT2D eigenvalue weighted by atomic mass is 16.1. The Labute approximate surface area is 133 Å². The molecule has 0 aliphatic rings. The Kier molecular flexibility index (Phi) is 5.73. The summed E-state index contributed by atoms with van der Waals surface area (Å²) in [5.74, 6) is -0.0293. The number of aryl methyl sites for hydroxylation is 1. The summed E-state index contributed by atoms with van der Waals surface area (Å²) < 4.78 is 0. The lowest BCUT2D eigenvalue weighted by Crippen LogP contribution is -2.35. The highest BCUT2D eigenvalue weighted by Crippen LogP contribution is 2.15. The Hall–Kier alpha value is -2.13. The Morgan fingerprint density at radius 2 is 1.68 bits per heavy atom. The number of likely N-dealkylation sites (N-methyl/N-ethyl adjacent to an activating group) is 1. The second-order valence-electron chi connectivity index (χ2n) is 5.75. The van der Waals surface area contributed by atoms with Crippen LogP contribution >= 0.6 is 0 Å². The topological polar surface area (TPSA) is 32.3 Å². The Morgan fingerprint density at radius 1 is 1.05 bits per heavy atom. The van der Waals surface area contributed by atoms with Crippen LogP contribution in [0.3, 0.4) is 0 Å². The molecule has 2 aromatic rings. The molecule has 0 bridgehead atoms. The van der Waals surface area contributed by atoms with Gasteiger partial charge in [-0.3, -0.25) is 4.79 Å². The summed E-state index contributed by atoms with van der Waals surface area (Å²) in [6, 6.07) is 17.9. The van der Waals surface area contributed by atoms with E-state index in [0.717, 1.165) is 18.5 Å². The van der Waals surface area contributed by atoms with Crippen molar-refractivity contribution >= 4 is 5.91 Å². The van der Waals surface area contributed by atoms with E-state index < -0.39 is 0 Å². The monoisotopic (exact) mass is 296 g/mol. The first kappa shape index (κ1) is 16.2. The van der Waals surface area contributed by atoms with Gasteiger partial charge in [0.2, 0.25) is 0 Å². The van der Waals surface area contributed by atoms with Gasteiger partial charge in [0, 0.05) is 12.1 Å². The summed E-state index contributed by atoms with van der Waals surface area (Å²) in [6.45, 7) is 2.88. The van der Waals surface area contributed by atoms with Crippen molar-refractivity contribution in [3.05, 3.63) is 71.3 Å². The van der Waals surface area contributed by atoms with E-state index in [0.29, 0.717) is 5.56 Å². The maximum Gasteiger partial charge on any atom is 0.251 e. The van der Waals surface area contributed by atoms with Crippen LogP contribution < -0.4 is 5.32 Å². The quantitative estimate of drug-likeness (QED) is 0.887. The average Bonchev–Trinajstić information content (AvgIpc) is 2.54. The van der Waals surface area contributed by atoms with Crippen molar-refractivity contribution < 1.29 is 4.79 Å². The number of carbonyl (C=O) groups excluding carboxylic acids is 1. The van der Waals surface area contributed by atoms with Crippen LogP contribution in [0.25, 0.3) is 0 Å². The van der Waals surface area contributed by atoms with E-state index in [1.54, 1.807) is 0 Å². The minimum atomic E-state index is -0.0293. The number of rotatable bonds is 6. The van der Waals surface area contributed by atoms with Gasteiger partial charge in [-0.2, -0.15) is 0 Å². The van der Waals surface area contributed by atoms with E-state index in [1.165, 1.54) is 5.56 Å². The van der Waals surface area contributed by atoms with Gasteiger partial charge >= 0.3 is 0 Å². The first-order chi connectivity index (χ1) is 10.6. The third-order valence-electron chi connectivity index (χ3n) is 3.68. The van der Waals surface area contributed by atoms with E-state index >= 15 is 0 Å². The fourth-order valence-electron chi connectivity index (χ4n) is 2.42. The normalized spacial score (nSPS) is 12.2. The molecule has 2 aromatic carbocycles. The predicted molar refractivity (Wildman–Crippen MR) is 91.0 cm³/mol. The molecular weight excluding hydrogens is 272 g/mol.